The third-order valence-corrected chi connectivity index (χ3v) is 7.74. The largest absolute Gasteiger partial charge is 0.297 e. The molecule has 0 amide bonds. The van der Waals surface area contributed by atoms with Crippen molar-refractivity contribution in [2.45, 2.75) is 36.6 Å². The average molecular weight is 320 g/mol. The van der Waals surface area contributed by atoms with Crippen LogP contribution >= 0.6 is 0 Å². The van der Waals surface area contributed by atoms with Crippen LogP contribution in [0.15, 0.2) is 35.2 Å². The van der Waals surface area contributed by atoms with E-state index in [-0.39, 0.29) is 0 Å². The van der Waals surface area contributed by atoms with Crippen molar-refractivity contribution in [2.75, 3.05) is 26.2 Å². The Morgan fingerprint density at radius 2 is 1.64 bits per heavy atom. The van der Waals surface area contributed by atoms with Crippen molar-refractivity contribution in [1.29, 1.82) is 0 Å². The minimum Gasteiger partial charge on any atom is -0.297 e. The van der Waals surface area contributed by atoms with Gasteiger partial charge in [-0.3, -0.25) is 4.90 Å². The van der Waals surface area contributed by atoms with Crippen molar-refractivity contribution >= 4 is 10.0 Å². The van der Waals surface area contributed by atoms with Crippen LogP contribution in [0.25, 0.3) is 0 Å². The molecule has 3 fully saturated rings. The highest BCUT2D eigenvalue weighted by Crippen LogP contribution is 2.46. The molecule has 3 aliphatic rings. The van der Waals surface area contributed by atoms with Crippen molar-refractivity contribution in [1.82, 2.24) is 9.21 Å². The lowest BCUT2D eigenvalue weighted by molar-refractivity contribution is 0.101. The van der Waals surface area contributed by atoms with E-state index in [4.69, 9.17) is 0 Å². The lowest BCUT2D eigenvalue weighted by Crippen LogP contribution is -2.53. The summed E-state index contributed by atoms with van der Waals surface area (Å²) in [5.41, 5.74) is 0. The smallest absolute Gasteiger partial charge is 0.243 e. The summed E-state index contributed by atoms with van der Waals surface area (Å²) in [7, 11) is -3.31. The van der Waals surface area contributed by atoms with Gasteiger partial charge in [-0.1, -0.05) is 24.6 Å². The molecule has 0 unspecified atom stereocenters. The maximum atomic E-state index is 12.7. The minimum absolute atomic E-state index is 0.420. The summed E-state index contributed by atoms with van der Waals surface area (Å²) in [4.78, 5) is 2.98. The van der Waals surface area contributed by atoms with E-state index in [0.29, 0.717) is 18.0 Å². The zero-order valence-corrected chi connectivity index (χ0v) is 13.7. The SMILES string of the molecule is O=S(=O)(c1ccccc1)N1CCN([C@@H]2C[C@@H]3CC[C@@H]2C3)CC1. The first-order valence-electron chi connectivity index (χ1n) is 8.44. The number of fused-ring (bicyclic) bond motifs is 2. The molecule has 0 spiro atoms. The second-order valence-corrected chi connectivity index (χ2v) is 8.93. The predicted octanol–water partition coefficient (Wildman–Crippen LogP) is 2.18. The highest BCUT2D eigenvalue weighted by atomic mass is 32.2. The van der Waals surface area contributed by atoms with E-state index in [9.17, 15) is 8.42 Å². The first-order chi connectivity index (χ1) is 10.6. The minimum atomic E-state index is -3.31. The molecule has 2 bridgehead atoms. The summed E-state index contributed by atoms with van der Waals surface area (Å²) in [6.45, 7) is 3.04. The molecule has 2 saturated carbocycles. The third-order valence-electron chi connectivity index (χ3n) is 5.82. The molecule has 1 heterocycles. The van der Waals surface area contributed by atoms with Crippen LogP contribution in [0.3, 0.4) is 0 Å². The molecule has 4 nitrogen and oxygen atoms in total. The van der Waals surface area contributed by atoms with E-state index in [1.165, 1.54) is 25.7 Å². The van der Waals surface area contributed by atoms with Gasteiger partial charge in [-0.05, 0) is 43.2 Å². The van der Waals surface area contributed by atoms with Crippen LogP contribution in [0, 0.1) is 11.8 Å². The molecule has 2 aliphatic carbocycles. The molecule has 1 aromatic rings. The summed E-state index contributed by atoms with van der Waals surface area (Å²) < 4.78 is 27.0. The van der Waals surface area contributed by atoms with Gasteiger partial charge in [0.1, 0.15) is 0 Å². The molecule has 120 valence electrons. The van der Waals surface area contributed by atoms with Gasteiger partial charge >= 0.3 is 0 Å². The van der Waals surface area contributed by atoms with Crippen molar-refractivity contribution < 1.29 is 8.42 Å². The van der Waals surface area contributed by atoms with Gasteiger partial charge in [0, 0.05) is 32.2 Å². The molecule has 0 N–H and O–H groups in total. The lowest BCUT2D eigenvalue weighted by atomic mass is 9.93. The summed E-state index contributed by atoms with van der Waals surface area (Å²) in [5, 5.41) is 0. The van der Waals surface area contributed by atoms with Crippen molar-refractivity contribution in [3.05, 3.63) is 30.3 Å². The Labute approximate surface area is 133 Å². The maximum absolute atomic E-state index is 12.7. The first kappa shape index (κ1) is 14.7. The summed E-state index contributed by atoms with van der Waals surface area (Å²) in [5.74, 6) is 1.82. The Balaban J connectivity index is 1.42. The predicted molar refractivity (Wildman–Crippen MR) is 86.0 cm³/mol. The number of hydrogen-bond donors (Lipinski definition) is 0. The van der Waals surface area contributed by atoms with Gasteiger partial charge in [0.05, 0.1) is 4.90 Å². The van der Waals surface area contributed by atoms with Gasteiger partial charge < -0.3 is 0 Å². The lowest BCUT2D eigenvalue weighted by Gasteiger charge is -2.40. The highest BCUT2D eigenvalue weighted by molar-refractivity contribution is 7.89. The van der Waals surface area contributed by atoms with Crippen LogP contribution in [-0.2, 0) is 10.0 Å². The van der Waals surface area contributed by atoms with Crippen LogP contribution in [-0.4, -0.2) is 49.8 Å². The van der Waals surface area contributed by atoms with Gasteiger partial charge in [0.2, 0.25) is 10.0 Å². The van der Waals surface area contributed by atoms with Crippen LogP contribution in [0.4, 0.5) is 0 Å². The van der Waals surface area contributed by atoms with Gasteiger partial charge in [-0.15, -0.1) is 0 Å². The molecule has 4 rings (SSSR count). The van der Waals surface area contributed by atoms with Gasteiger partial charge in [0.15, 0.2) is 0 Å². The molecule has 5 heteroatoms. The van der Waals surface area contributed by atoms with Crippen molar-refractivity contribution in [3.8, 4) is 0 Å². The van der Waals surface area contributed by atoms with Crippen molar-refractivity contribution in [3.63, 3.8) is 0 Å². The second-order valence-electron chi connectivity index (χ2n) is 7.00. The molecule has 1 aliphatic heterocycles. The monoisotopic (exact) mass is 320 g/mol. The third kappa shape index (κ3) is 2.49. The Bertz CT molecular complexity index is 623. The van der Waals surface area contributed by atoms with Gasteiger partial charge in [-0.25, -0.2) is 8.42 Å². The molecule has 0 radical (unpaired) electrons. The Kier molecular flexibility index (Phi) is 3.75. The standard InChI is InChI=1S/C17H24N2O2S/c20-22(21,16-4-2-1-3-5-16)19-10-8-18(9-11-19)17-13-14-6-7-15(17)12-14/h1-5,14-15,17H,6-13H2/t14-,15-,17-/m1/s1. The van der Waals surface area contributed by atoms with Crippen molar-refractivity contribution in [2.24, 2.45) is 11.8 Å². The second kappa shape index (κ2) is 5.62. The van der Waals surface area contributed by atoms with Crippen LogP contribution in [0.5, 0.6) is 0 Å². The highest BCUT2D eigenvalue weighted by Gasteiger charge is 2.43. The molecular weight excluding hydrogens is 296 g/mol. The maximum Gasteiger partial charge on any atom is 0.243 e. The molecule has 0 aromatic heterocycles. The van der Waals surface area contributed by atoms with E-state index in [2.05, 4.69) is 4.90 Å². The number of piperazine rings is 1. The average Bonchev–Trinajstić information content (AvgIpc) is 3.19. The summed E-state index contributed by atoms with van der Waals surface area (Å²) in [6.07, 6.45) is 5.56. The Morgan fingerprint density at radius 3 is 2.23 bits per heavy atom. The Hall–Kier alpha value is -0.910. The van der Waals surface area contributed by atoms with E-state index < -0.39 is 10.0 Å². The molecule has 1 aromatic carbocycles. The summed E-state index contributed by atoms with van der Waals surface area (Å²) >= 11 is 0. The topological polar surface area (TPSA) is 40.6 Å². The number of nitrogens with zero attached hydrogens (tertiary/aromatic N) is 2. The zero-order valence-electron chi connectivity index (χ0n) is 12.9. The molecule has 3 atom stereocenters. The van der Waals surface area contributed by atoms with Crippen LogP contribution in [0.1, 0.15) is 25.7 Å². The van der Waals surface area contributed by atoms with E-state index in [1.807, 2.05) is 6.07 Å². The first-order valence-corrected chi connectivity index (χ1v) is 9.88. The fourth-order valence-electron chi connectivity index (χ4n) is 4.68. The number of benzene rings is 1. The van der Waals surface area contributed by atoms with Gasteiger partial charge in [0.25, 0.3) is 0 Å². The fourth-order valence-corrected chi connectivity index (χ4v) is 6.12. The fraction of sp³-hybridized carbons (Fsp3) is 0.647. The summed E-state index contributed by atoms with van der Waals surface area (Å²) in [6, 6.07) is 9.54. The number of sulfonamides is 1. The normalized spacial score (nSPS) is 33.4. The van der Waals surface area contributed by atoms with Gasteiger partial charge in [-0.2, -0.15) is 4.31 Å². The molecule has 1 saturated heterocycles. The Morgan fingerprint density at radius 1 is 0.909 bits per heavy atom. The van der Waals surface area contributed by atoms with E-state index in [0.717, 1.165) is 31.0 Å². The molecular formula is C17H24N2O2S. The molecule has 22 heavy (non-hydrogen) atoms. The van der Waals surface area contributed by atoms with Crippen LogP contribution in [0.2, 0.25) is 0 Å². The zero-order chi connectivity index (χ0) is 15.2. The van der Waals surface area contributed by atoms with Crippen LogP contribution < -0.4 is 0 Å². The number of hydrogen-bond acceptors (Lipinski definition) is 3. The van der Waals surface area contributed by atoms with E-state index in [1.54, 1.807) is 28.6 Å². The van der Waals surface area contributed by atoms with E-state index >= 15 is 0 Å². The number of rotatable bonds is 3. The quantitative estimate of drug-likeness (QED) is 0.857.